The number of anilines is 2. The van der Waals surface area contributed by atoms with Crippen LogP contribution in [0.4, 0.5) is 11.4 Å². The first kappa shape index (κ1) is 17.3. The van der Waals surface area contributed by atoms with Crippen molar-refractivity contribution in [3.05, 3.63) is 23.8 Å². The number of benzene rings is 1. The molecule has 0 aliphatic rings. The van der Waals surface area contributed by atoms with Gasteiger partial charge in [0.2, 0.25) is 0 Å². The van der Waals surface area contributed by atoms with Crippen molar-refractivity contribution in [2.45, 2.75) is 20.3 Å². The maximum absolute atomic E-state index is 11.8. The Hall–Kier alpha value is -1.75. The molecule has 1 aromatic rings. The molecule has 1 amide bonds. The fraction of sp³-hybridized carbons (Fsp3) is 0.562. The minimum absolute atomic E-state index is 0.0774. The van der Waals surface area contributed by atoms with Crippen LogP contribution in [-0.4, -0.2) is 51.1 Å². The topological polar surface area (TPSA) is 61.6 Å². The van der Waals surface area contributed by atoms with E-state index in [-0.39, 0.29) is 5.91 Å². The largest absolute Gasteiger partial charge is 0.397 e. The Morgan fingerprint density at radius 3 is 2.48 bits per heavy atom. The van der Waals surface area contributed by atoms with Gasteiger partial charge in [-0.05, 0) is 59.1 Å². The summed E-state index contributed by atoms with van der Waals surface area (Å²) in [6.07, 6.45) is 1.08. The van der Waals surface area contributed by atoms with E-state index in [4.69, 9.17) is 5.73 Å². The number of nitrogens with zero attached hydrogens (tertiary/aromatic N) is 2. The highest BCUT2D eigenvalue weighted by atomic mass is 16.1. The van der Waals surface area contributed by atoms with Crippen LogP contribution in [0.2, 0.25) is 0 Å². The van der Waals surface area contributed by atoms with Gasteiger partial charge in [-0.25, -0.2) is 0 Å². The number of carbonyl (C=O) groups is 1. The van der Waals surface area contributed by atoms with Gasteiger partial charge >= 0.3 is 0 Å². The Kier molecular flexibility index (Phi) is 7.02. The number of nitrogens with one attached hydrogen (secondary N) is 1. The number of rotatable bonds is 8. The molecule has 5 heteroatoms. The van der Waals surface area contributed by atoms with Crippen LogP contribution in [0, 0.1) is 0 Å². The summed E-state index contributed by atoms with van der Waals surface area (Å²) >= 11 is 0. The fourth-order valence-corrected chi connectivity index (χ4v) is 2.27. The van der Waals surface area contributed by atoms with E-state index in [0.717, 1.165) is 31.7 Å². The van der Waals surface area contributed by atoms with Crippen LogP contribution in [0.15, 0.2) is 18.2 Å². The maximum Gasteiger partial charge on any atom is 0.251 e. The molecule has 0 aliphatic heterocycles. The van der Waals surface area contributed by atoms with E-state index in [0.29, 0.717) is 17.8 Å². The van der Waals surface area contributed by atoms with Crippen molar-refractivity contribution in [1.82, 2.24) is 10.2 Å². The summed E-state index contributed by atoms with van der Waals surface area (Å²) in [4.78, 5) is 16.2. The zero-order chi connectivity index (χ0) is 15.8. The first-order chi connectivity index (χ1) is 9.99. The van der Waals surface area contributed by atoms with E-state index in [1.54, 1.807) is 6.07 Å². The second-order valence-electron chi connectivity index (χ2n) is 5.37. The SMILES string of the molecule is CCNC(=O)c1ccc(N(CC)CCCN(C)C)c(N)c1. The first-order valence-electron chi connectivity index (χ1n) is 7.57. The number of hydrogen-bond donors (Lipinski definition) is 2. The molecule has 0 fully saturated rings. The molecule has 0 heterocycles. The van der Waals surface area contributed by atoms with E-state index >= 15 is 0 Å². The minimum Gasteiger partial charge on any atom is -0.397 e. The van der Waals surface area contributed by atoms with Crippen LogP contribution in [-0.2, 0) is 0 Å². The molecule has 0 bridgehead atoms. The second kappa shape index (κ2) is 8.52. The lowest BCUT2D eigenvalue weighted by atomic mass is 10.1. The molecular weight excluding hydrogens is 264 g/mol. The van der Waals surface area contributed by atoms with Gasteiger partial charge < -0.3 is 20.9 Å². The van der Waals surface area contributed by atoms with Crippen molar-refractivity contribution in [3.63, 3.8) is 0 Å². The number of nitrogens with two attached hydrogens (primary N) is 1. The smallest absolute Gasteiger partial charge is 0.251 e. The summed E-state index contributed by atoms with van der Waals surface area (Å²) in [6, 6.07) is 5.54. The highest BCUT2D eigenvalue weighted by Crippen LogP contribution is 2.24. The zero-order valence-corrected chi connectivity index (χ0v) is 13.6. The molecule has 118 valence electrons. The number of amides is 1. The van der Waals surface area contributed by atoms with Crippen molar-refractivity contribution in [2.24, 2.45) is 0 Å². The number of nitrogen functional groups attached to an aromatic ring is 1. The summed E-state index contributed by atoms with van der Waals surface area (Å²) in [7, 11) is 4.15. The third kappa shape index (κ3) is 5.27. The molecule has 3 N–H and O–H groups in total. The molecule has 0 atom stereocenters. The van der Waals surface area contributed by atoms with E-state index in [1.807, 2.05) is 19.1 Å². The van der Waals surface area contributed by atoms with Gasteiger partial charge in [-0.2, -0.15) is 0 Å². The van der Waals surface area contributed by atoms with E-state index in [9.17, 15) is 4.79 Å². The van der Waals surface area contributed by atoms with Crippen molar-refractivity contribution in [1.29, 1.82) is 0 Å². The highest BCUT2D eigenvalue weighted by molar-refractivity contribution is 5.96. The Labute approximate surface area is 128 Å². The number of hydrogen-bond acceptors (Lipinski definition) is 4. The van der Waals surface area contributed by atoms with E-state index in [2.05, 4.69) is 36.1 Å². The summed E-state index contributed by atoms with van der Waals surface area (Å²) in [6.45, 7) is 7.54. The lowest BCUT2D eigenvalue weighted by Gasteiger charge is -2.25. The van der Waals surface area contributed by atoms with Gasteiger partial charge in [0.15, 0.2) is 0 Å². The fourth-order valence-electron chi connectivity index (χ4n) is 2.27. The summed E-state index contributed by atoms with van der Waals surface area (Å²) in [5, 5.41) is 2.78. The number of carbonyl (C=O) groups excluding carboxylic acids is 1. The van der Waals surface area contributed by atoms with Crippen LogP contribution >= 0.6 is 0 Å². The average Bonchev–Trinajstić information content (AvgIpc) is 2.44. The molecule has 0 aromatic heterocycles. The average molecular weight is 292 g/mol. The maximum atomic E-state index is 11.8. The van der Waals surface area contributed by atoms with Gasteiger partial charge in [0.05, 0.1) is 11.4 Å². The lowest BCUT2D eigenvalue weighted by molar-refractivity contribution is 0.0956. The van der Waals surface area contributed by atoms with Gasteiger partial charge in [0.25, 0.3) is 5.91 Å². The molecule has 1 aromatic carbocycles. The predicted molar refractivity (Wildman–Crippen MR) is 89.9 cm³/mol. The van der Waals surface area contributed by atoms with Crippen molar-refractivity contribution in [2.75, 3.05) is 50.9 Å². The third-order valence-electron chi connectivity index (χ3n) is 3.38. The Morgan fingerprint density at radius 1 is 1.24 bits per heavy atom. The van der Waals surface area contributed by atoms with Crippen molar-refractivity contribution in [3.8, 4) is 0 Å². The van der Waals surface area contributed by atoms with Crippen molar-refractivity contribution < 1.29 is 4.79 Å². The van der Waals surface area contributed by atoms with E-state index in [1.165, 1.54) is 0 Å². The van der Waals surface area contributed by atoms with Crippen LogP contribution in [0.1, 0.15) is 30.6 Å². The van der Waals surface area contributed by atoms with Gasteiger partial charge in [-0.1, -0.05) is 0 Å². The molecule has 0 spiro atoms. The molecule has 0 radical (unpaired) electrons. The van der Waals surface area contributed by atoms with Crippen LogP contribution in [0.25, 0.3) is 0 Å². The third-order valence-corrected chi connectivity index (χ3v) is 3.38. The van der Waals surface area contributed by atoms with Crippen LogP contribution in [0.3, 0.4) is 0 Å². The van der Waals surface area contributed by atoms with Crippen LogP contribution in [0.5, 0.6) is 0 Å². The molecule has 0 unspecified atom stereocenters. The molecule has 1 rings (SSSR count). The van der Waals surface area contributed by atoms with Crippen molar-refractivity contribution >= 4 is 17.3 Å². The minimum atomic E-state index is -0.0774. The molecule has 21 heavy (non-hydrogen) atoms. The second-order valence-corrected chi connectivity index (χ2v) is 5.37. The first-order valence-corrected chi connectivity index (χ1v) is 7.57. The molecular formula is C16H28N4O. The Bertz CT molecular complexity index is 460. The Balaban J connectivity index is 2.78. The standard InChI is InChI=1S/C16H28N4O/c1-5-18-16(21)13-8-9-15(14(17)12-13)20(6-2)11-7-10-19(3)4/h8-9,12H,5-7,10-11,17H2,1-4H3,(H,18,21). The van der Waals surface area contributed by atoms with Gasteiger partial charge in [-0.15, -0.1) is 0 Å². The van der Waals surface area contributed by atoms with Gasteiger partial charge in [0.1, 0.15) is 0 Å². The highest BCUT2D eigenvalue weighted by Gasteiger charge is 2.11. The molecule has 5 nitrogen and oxygen atoms in total. The monoisotopic (exact) mass is 292 g/mol. The predicted octanol–water partition coefficient (Wildman–Crippen LogP) is 1.80. The molecule has 0 saturated heterocycles. The normalized spacial score (nSPS) is 10.7. The lowest BCUT2D eigenvalue weighted by Crippen LogP contribution is -2.28. The van der Waals surface area contributed by atoms with Gasteiger partial charge in [0, 0.05) is 25.2 Å². The molecule has 0 saturated carbocycles. The zero-order valence-electron chi connectivity index (χ0n) is 13.6. The van der Waals surface area contributed by atoms with Crippen LogP contribution < -0.4 is 16.0 Å². The quantitative estimate of drug-likeness (QED) is 0.717. The molecule has 0 aliphatic carbocycles. The summed E-state index contributed by atoms with van der Waals surface area (Å²) in [5.41, 5.74) is 8.41. The Morgan fingerprint density at radius 2 is 1.95 bits per heavy atom. The van der Waals surface area contributed by atoms with E-state index < -0.39 is 0 Å². The summed E-state index contributed by atoms with van der Waals surface area (Å²) in [5.74, 6) is -0.0774. The van der Waals surface area contributed by atoms with Gasteiger partial charge in [-0.3, -0.25) is 4.79 Å². The summed E-state index contributed by atoms with van der Waals surface area (Å²) < 4.78 is 0.